The Morgan fingerprint density at radius 3 is 2.15 bits per heavy atom. The van der Waals surface area contributed by atoms with E-state index >= 15 is 0 Å². The van der Waals surface area contributed by atoms with E-state index in [9.17, 15) is 0 Å². The standard InChI is InChI=1S/C37H22N2S2/c1-3-10-23(11-4-1)37-38-35-28-16-9-15-27-31(20-19-29(34(27)28)36(35)41-37)39(24-12-5-2-6-13-24)25-18-21-33-30(22-25)26-14-7-8-17-32(26)40-33/h1-22H. The van der Waals surface area contributed by atoms with E-state index in [1.54, 1.807) is 11.3 Å². The summed E-state index contributed by atoms with van der Waals surface area (Å²) in [6.45, 7) is 0. The van der Waals surface area contributed by atoms with Crippen LogP contribution in [0.15, 0.2) is 133 Å². The van der Waals surface area contributed by atoms with Gasteiger partial charge in [0.1, 0.15) is 5.01 Å². The molecule has 0 fully saturated rings. The number of hydrogen-bond acceptors (Lipinski definition) is 4. The van der Waals surface area contributed by atoms with E-state index in [0.29, 0.717) is 0 Å². The Hall–Kier alpha value is -4.77. The fourth-order valence-corrected chi connectivity index (χ4v) is 8.42. The Balaban J connectivity index is 1.26. The minimum absolute atomic E-state index is 1.07. The van der Waals surface area contributed by atoms with Crippen LogP contribution in [-0.2, 0) is 0 Å². The van der Waals surface area contributed by atoms with E-state index < -0.39 is 0 Å². The maximum atomic E-state index is 5.15. The molecule has 9 rings (SSSR count). The second kappa shape index (κ2) is 8.87. The maximum Gasteiger partial charge on any atom is 0.124 e. The summed E-state index contributed by atoms with van der Waals surface area (Å²) in [5.41, 5.74) is 8.25. The van der Waals surface area contributed by atoms with Crippen LogP contribution < -0.4 is 4.90 Å². The molecular formula is C37H22N2S2. The van der Waals surface area contributed by atoms with Gasteiger partial charge < -0.3 is 4.90 Å². The SMILES string of the molecule is c1ccc(-c2nc3c(s2)-c2ccc(N(c4ccccc4)c4ccc5sc6ccccc6c5c4)c4cccc-3c24)cc1. The molecule has 0 saturated carbocycles. The Morgan fingerprint density at radius 2 is 1.27 bits per heavy atom. The van der Waals surface area contributed by atoms with Crippen LogP contribution in [0.3, 0.4) is 0 Å². The highest BCUT2D eigenvalue weighted by atomic mass is 32.1. The van der Waals surface area contributed by atoms with E-state index in [-0.39, 0.29) is 0 Å². The van der Waals surface area contributed by atoms with Crippen molar-refractivity contribution >= 4 is 70.7 Å². The second-order valence-electron chi connectivity index (χ2n) is 10.4. The van der Waals surface area contributed by atoms with Crippen molar-refractivity contribution in [2.75, 3.05) is 4.90 Å². The number of nitrogens with zero attached hydrogens (tertiary/aromatic N) is 2. The highest BCUT2D eigenvalue weighted by Gasteiger charge is 2.28. The van der Waals surface area contributed by atoms with Gasteiger partial charge in [-0.1, -0.05) is 91.0 Å². The zero-order chi connectivity index (χ0) is 26.9. The van der Waals surface area contributed by atoms with Crippen LogP contribution in [0.5, 0.6) is 0 Å². The van der Waals surface area contributed by atoms with Gasteiger partial charge in [-0.25, -0.2) is 4.98 Å². The third kappa shape index (κ3) is 3.45. The zero-order valence-electron chi connectivity index (χ0n) is 21.9. The number of rotatable bonds is 4. The van der Waals surface area contributed by atoms with Crippen LogP contribution in [0.4, 0.5) is 17.1 Å². The van der Waals surface area contributed by atoms with Gasteiger partial charge in [-0.3, -0.25) is 0 Å². The molecule has 2 nitrogen and oxygen atoms in total. The van der Waals surface area contributed by atoms with Gasteiger partial charge in [-0.15, -0.1) is 22.7 Å². The van der Waals surface area contributed by atoms with Crippen LogP contribution in [0.1, 0.15) is 0 Å². The molecule has 0 bridgehead atoms. The van der Waals surface area contributed by atoms with Gasteiger partial charge in [0.25, 0.3) is 0 Å². The Labute approximate surface area is 245 Å². The minimum atomic E-state index is 1.07. The molecule has 0 radical (unpaired) electrons. The largest absolute Gasteiger partial charge is 0.310 e. The van der Waals surface area contributed by atoms with E-state index in [1.807, 2.05) is 11.3 Å². The van der Waals surface area contributed by atoms with Gasteiger partial charge in [0.2, 0.25) is 0 Å². The lowest BCUT2D eigenvalue weighted by atomic mass is 10.0. The smallest absolute Gasteiger partial charge is 0.124 e. The van der Waals surface area contributed by atoms with E-state index in [4.69, 9.17) is 4.98 Å². The molecule has 1 aliphatic carbocycles. The van der Waals surface area contributed by atoms with Crippen LogP contribution >= 0.6 is 22.7 Å². The van der Waals surface area contributed by atoms with E-state index in [2.05, 4.69) is 138 Å². The first-order valence-corrected chi connectivity index (χ1v) is 15.4. The maximum absolute atomic E-state index is 5.15. The molecule has 1 aliphatic rings. The van der Waals surface area contributed by atoms with Crippen molar-refractivity contribution in [3.63, 3.8) is 0 Å². The number of hydrogen-bond donors (Lipinski definition) is 0. The number of aromatic nitrogens is 1. The number of anilines is 3. The molecule has 6 aromatic carbocycles. The highest BCUT2D eigenvalue weighted by molar-refractivity contribution is 7.25. The van der Waals surface area contributed by atoms with Crippen molar-refractivity contribution in [1.29, 1.82) is 0 Å². The average Bonchev–Trinajstić information content (AvgIpc) is 3.72. The normalized spacial score (nSPS) is 11.9. The van der Waals surface area contributed by atoms with Crippen LogP contribution in [0.2, 0.25) is 0 Å². The first-order valence-electron chi connectivity index (χ1n) is 13.7. The fourth-order valence-electron chi connectivity index (χ4n) is 6.22. The van der Waals surface area contributed by atoms with Gasteiger partial charge >= 0.3 is 0 Å². The number of benzene rings is 6. The summed E-state index contributed by atoms with van der Waals surface area (Å²) in [4.78, 5) is 8.82. The summed E-state index contributed by atoms with van der Waals surface area (Å²) in [6, 6.07) is 48.1. The molecule has 0 aliphatic heterocycles. The summed E-state index contributed by atoms with van der Waals surface area (Å²) in [7, 11) is 0. The van der Waals surface area contributed by atoms with Crippen molar-refractivity contribution in [3.05, 3.63) is 133 Å². The molecule has 2 heterocycles. The Morgan fingerprint density at radius 1 is 0.512 bits per heavy atom. The predicted molar refractivity (Wildman–Crippen MR) is 177 cm³/mol. The molecule has 192 valence electrons. The van der Waals surface area contributed by atoms with Crippen LogP contribution in [0.25, 0.3) is 63.2 Å². The molecule has 0 spiro atoms. The fraction of sp³-hybridized carbons (Fsp3) is 0. The van der Waals surface area contributed by atoms with Gasteiger partial charge in [0, 0.05) is 59.0 Å². The summed E-state index contributed by atoms with van der Waals surface area (Å²) in [5, 5.41) is 6.22. The number of para-hydroxylation sites is 1. The van der Waals surface area contributed by atoms with Crippen molar-refractivity contribution in [3.8, 4) is 32.3 Å². The molecule has 0 atom stereocenters. The topological polar surface area (TPSA) is 16.1 Å². The van der Waals surface area contributed by atoms with Crippen molar-refractivity contribution in [2.24, 2.45) is 0 Å². The molecule has 0 saturated heterocycles. The summed E-state index contributed by atoms with van der Waals surface area (Å²) < 4.78 is 2.64. The average molecular weight is 559 g/mol. The predicted octanol–water partition coefficient (Wildman–Crippen LogP) is 11.4. The zero-order valence-corrected chi connectivity index (χ0v) is 23.5. The van der Waals surface area contributed by atoms with Crippen LogP contribution in [0, 0.1) is 0 Å². The highest BCUT2D eigenvalue weighted by Crippen LogP contribution is 2.54. The first kappa shape index (κ1) is 23.0. The van der Waals surface area contributed by atoms with Gasteiger partial charge in [0.05, 0.1) is 16.3 Å². The molecule has 41 heavy (non-hydrogen) atoms. The molecule has 0 N–H and O–H groups in total. The lowest BCUT2D eigenvalue weighted by molar-refractivity contribution is 1.31. The minimum Gasteiger partial charge on any atom is -0.310 e. The van der Waals surface area contributed by atoms with Crippen molar-refractivity contribution in [1.82, 2.24) is 4.98 Å². The third-order valence-corrected chi connectivity index (χ3v) is 10.3. The second-order valence-corrected chi connectivity index (χ2v) is 12.5. The molecule has 0 amide bonds. The van der Waals surface area contributed by atoms with Crippen molar-refractivity contribution in [2.45, 2.75) is 0 Å². The Bertz CT molecular complexity index is 2230. The van der Waals surface area contributed by atoms with E-state index in [1.165, 1.54) is 58.2 Å². The molecule has 8 aromatic rings. The quantitative estimate of drug-likeness (QED) is 0.214. The van der Waals surface area contributed by atoms with Crippen molar-refractivity contribution < 1.29 is 0 Å². The number of thiazole rings is 1. The number of thiophene rings is 1. The molecule has 2 aromatic heterocycles. The summed E-state index contributed by atoms with van der Waals surface area (Å²) >= 11 is 3.65. The van der Waals surface area contributed by atoms with Gasteiger partial charge in [-0.2, -0.15) is 0 Å². The monoisotopic (exact) mass is 558 g/mol. The number of fused-ring (bicyclic) bond motifs is 6. The third-order valence-electron chi connectivity index (χ3n) is 8.04. The van der Waals surface area contributed by atoms with E-state index in [0.717, 1.165) is 22.1 Å². The summed E-state index contributed by atoms with van der Waals surface area (Å²) in [5.74, 6) is 0. The van der Waals surface area contributed by atoms with Gasteiger partial charge in [-0.05, 0) is 42.5 Å². The first-order chi connectivity index (χ1) is 20.3. The van der Waals surface area contributed by atoms with Gasteiger partial charge in [0.15, 0.2) is 0 Å². The summed E-state index contributed by atoms with van der Waals surface area (Å²) in [6.07, 6.45) is 0. The lowest BCUT2D eigenvalue weighted by Gasteiger charge is -2.27. The van der Waals surface area contributed by atoms with Crippen LogP contribution in [-0.4, -0.2) is 4.98 Å². The molecular weight excluding hydrogens is 537 g/mol. The molecule has 4 heteroatoms. The molecule has 0 unspecified atom stereocenters. The Kier molecular flexibility index (Phi) is 4.97. The lowest BCUT2D eigenvalue weighted by Crippen LogP contribution is -2.10.